The Morgan fingerprint density at radius 2 is 2.00 bits per heavy atom. The van der Waals surface area contributed by atoms with Crippen LogP contribution in [0.25, 0.3) is 0 Å². The highest BCUT2D eigenvalue weighted by Gasteiger charge is 2.14. The third kappa shape index (κ3) is 3.53. The van der Waals surface area contributed by atoms with E-state index < -0.39 is 4.84 Å². The molecule has 5 heteroatoms. The standard InChI is InChI=1S/C10H9Cl2NO2/c1-6(14)13-8-4-2-3-7(5-8)9(15)10(11)12/h2-5,10H,1H3,(H,13,14). The maximum absolute atomic E-state index is 11.4. The Kier molecular flexibility index (Phi) is 4.12. The summed E-state index contributed by atoms with van der Waals surface area (Å²) in [4.78, 5) is 21.1. The zero-order valence-electron chi connectivity index (χ0n) is 7.96. The van der Waals surface area contributed by atoms with Gasteiger partial charge >= 0.3 is 0 Å². The van der Waals surface area contributed by atoms with Crippen LogP contribution in [0.1, 0.15) is 17.3 Å². The number of nitrogens with one attached hydrogen (secondary N) is 1. The SMILES string of the molecule is CC(=O)Nc1cccc(C(=O)C(Cl)Cl)c1. The van der Waals surface area contributed by atoms with Gasteiger partial charge in [-0.1, -0.05) is 35.3 Å². The number of anilines is 1. The molecule has 0 aliphatic heterocycles. The largest absolute Gasteiger partial charge is 0.326 e. The molecule has 1 aromatic carbocycles. The van der Waals surface area contributed by atoms with Crippen molar-refractivity contribution in [3.8, 4) is 0 Å². The second-order valence-electron chi connectivity index (χ2n) is 2.93. The summed E-state index contributed by atoms with van der Waals surface area (Å²) in [5, 5.41) is 2.56. The van der Waals surface area contributed by atoms with E-state index in [0.29, 0.717) is 11.3 Å². The summed E-state index contributed by atoms with van der Waals surface area (Å²) in [6.07, 6.45) is 0. The van der Waals surface area contributed by atoms with E-state index in [2.05, 4.69) is 5.32 Å². The topological polar surface area (TPSA) is 46.2 Å². The zero-order chi connectivity index (χ0) is 11.4. The molecule has 0 aromatic heterocycles. The molecule has 1 rings (SSSR count). The van der Waals surface area contributed by atoms with E-state index in [4.69, 9.17) is 23.2 Å². The van der Waals surface area contributed by atoms with E-state index in [1.54, 1.807) is 18.2 Å². The number of ketones is 1. The van der Waals surface area contributed by atoms with Crippen molar-refractivity contribution in [3.63, 3.8) is 0 Å². The van der Waals surface area contributed by atoms with Crippen LogP contribution in [0.5, 0.6) is 0 Å². The van der Waals surface area contributed by atoms with Crippen molar-refractivity contribution in [3.05, 3.63) is 29.8 Å². The van der Waals surface area contributed by atoms with Crippen LogP contribution in [-0.2, 0) is 4.79 Å². The first-order valence-electron chi connectivity index (χ1n) is 4.20. The number of carbonyl (C=O) groups is 2. The third-order valence-electron chi connectivity index (χ3n) is 1.67. The summed E-state index contributed by atoms with van der Waals surface area (Å²) in [5.41, 5.74) is 0.915. The molecule has 15 heavy (non-hydrogen) atoms. The van der Waals surface area contributed by atoms with E-state index in [-0.39, 0.29) is 11.7 Å². The Bertz CT molecular complexity index is 391. The first kappa shape index (κ1) is 12.0. The van der Waals surface area contributed by atoms with Gasteiger partial charge in [0.2, 0.25) is 5.91 Å². The van der Waals surface area contributed by atoms with Gasteiger partial charge < -0.3 is 5.32 Å². The molecule has 80 valence electrons. The summed E-state index contributed by atoms with van der Waals surface area (Å²) < 4.78 is 0. The van der Waals surface area contributed by atoms with Crippen LogP contribution in [-0.4, -0.2) is 16.5 Å². The lowest BCUT2D eigenvalue weighted by Crippen LogP contribution is -2.10. The second-order valence-corrected chi connectivity index (χ2v) is 4.02. The Morgan fingerprint density at radius 1 is 1.33 bits per heavy atom. The monoisotopic (exact) mass is 245 g/mol. The van der Waals surface area contributed by atoms with Crippen molar-refractivity contribution in [2.24, 2.45) is 0 Å². The zero-order valence-corrected chi connectivity index (χ0v) is 9.47. The van der Waals surface area contributed by atoms with Gasteiger partial charge in [0.05, 0.1) is 0 Å². The molecule has 1 N–H and O–H groups in total. The Balaban J connectivity index is 2.92. The number of alkyl halides is 2. The van der Waals surface area contributed by atoms with E-state index >= 15 is 0 Å². The van der Waals surface area contributed by atoms with Gasteiger partial charge in [0.25, 0.3) is 0 Å². The number of amides is 1. The van der Waals surface area contributed by atoms with Crippen LogP contribution in [0.15, 0.2) is 24.3 Å². The van der Waals surface area contributed by atoms with E-state index in [1.807, 2.05) is 0 Å². The van der Waals surface area contributed by atoms with E-state index in [1.165, 1.54) is 13.0 Å². The predicted octanol–water partition coefficient (Wildman–Crippen LogP) is 2.63. The molecule has 0 bridgehead atoms. The number of carbonyl (C=O) groups excluding carboxylic acids is 2. The molecule has 0 aliphatic carbocycles. The molecular formula is C10H9Cl2NO2. The number of hydrogen-bond acceptors (Lipinski definition) is 2. The maximum Gasteiger partial charge on any atom is 0.221 e. The minimum Gasteiger partial charge on any atom is -0.326 e. The number of Topliss-reactive ketones (excluding diaryl/α,β-unsaturated/α-hetero) is 1. The van der Waals surface area contributed by atoms with Gasteiger partial charge in [-0.3, -0.25) is 9.59 Å². The highest BCUT2D eigenvalue weighted by atomic mass is 35.5. The molecular weight excluding hydrogens is 237 g/mol. The first-order valence-corrected chi connectivity index (χ1v) is 5.08. The third-order valence-corrected chi connectivity index (χ3v) is 2.06. The average molecular weight is 246 g/mol. The molecule has 0 saturated heterocycles. The van der Waals surface area contributed by atoms with Gasteiger partial charge in [-0.25, -0.2) is 0 Å². The van der Waals surface area contributed by atoms with Gasteiger partial charge in [0.1, 0.15) is 0 Å². The minimum absolute atomic E-state index is 0.201. The molecule has 0 heterocycles. The van der Waals surface area contributed by atoms with Crippen molar-refractivity contribution in [2.45, 2.75) is 11.8 Å². The molecule has 0 saturated carbocycles. The summed E-state index contributed by atoms with van der Waals surface area (Å²) in [5.74, 6) is -0.585. The molecule has 1 aromatic rings. The fourth-order valence-corrected chi connectivity index (χ4v) is 1.33. The lowest BCUT2D eigenvalue weighted by atomic mass is 10.1. The van der Waals surface area contributed by atoms with Crippen LogP contribution < -0.4 is 5.32 Å². The van der Waals surface area contributed by atoms with Crippen LogP contribution >= 0.6 is 23.2 Å². The van der Waals surface area contributed by atoms with Crippen molar-refractivity contribution in [1.29, 1.82) is 0 Å². The number of rotatable bonds is 3. The van der Waals surface area contributed by atoms with Crippen LogP contribution in [0.3, 0.4) is 0 Å². The summed E-state index contributed by atoms with van der Waals surface area (Å²) in [6, 6.07) is 6.44. The van der Waals surface area contributed by atoms with Crippen molar-refractivity contribution in [1.82, 2.24) is 0 Å². The first-order chi connectivity index (χ1) is 7.00. The van der Waals surface area contributed by atoms with Gasteiger partial charge in [-0.15, -0.1) is 0 Å². The smallest absolute Gasteiger partial charge is 0.221 e. The molecule has 0 atom stereocenters. The second kappa shape index (κ2) is 5.14. The normalized spacial score (nSPS) is 10.1. The summed E-state index contributed by atoms with van der Waals surface area (Å²) in [6.45, 7) is 1.39. The molecule has 0 aliphatic rings. The van der Waals surface area contributed by atoms with Crippen molar-refractivity contribution < 1.29 is 9.59 Å². The molecule has 0 radical (unpaired) electrons. The maximum atomic E-state index is 11.4. The minimum atomic E-state index is -1.09. The molecule has 0 unspecified atom stereocenters. The highest BCUT2D eigenvalue weighted by Crippen LogP contribution is 2.16. The number of halogens is 2. The lowest BCUT2D eigenvalue weighted by molar-refractivity contribution is -0.114. The van der Waals surface area contributed by atoms with Crippen LogP contribution in [0, 0.1) is 0 Å². The average Bonchev–Trinajstić information content (AvgIpc) is 2.16. The lowest BCUT2D eigenvalue weighted by Gasteiger charge is -2.05. The number of hydrogen-bond donors (Lipinski definition) is 1. The van der Waals surface area contributed by atoms with E-state index in [9.17, 15) is 9.59 Å². The molecule has 0 fully saturated rings. The fraction of sp³-hybridized carbons (Fsp3) is 0.200. The fourth-order valence-electron chi connectivity index (χ4n) is 1.08. The van der Waals surface area contributed by atoms with E-state index in [0.717, 1.165) is 0 Å². The summed E-state index contributed by atoms with van der Waals surface area (Å²) >= 11 is 10.9. The highest BCUT2D eigenvalue weighted by molar-refractivity contribution is 6.55. The predicted molar refractivity (Wildman–Crippen MR) is 60.6 cm³/mol. The van der Waals surface area contributed by atoms with Crippen molar-refractivity contribution >= 4 is 40.6 Å². The quantitative estimate of drug-likeness (QED) is 0.658. The van der Waals surface area contributed by atoms with Gasteiger partial charge in [-0.2, -0.15) is 0 Å². The van der Waals surface area contributed by atoms with Crippen LogP contribution in [0.4, 0.5) is 5.69 Å². The Morgan fingerprint density at radius 3 is 2.53 bits per heavy atom. The van der Waals surface area contributed by atoms with Gasteiger partial charge in [0.15, 0.2) is 10.6 Å². The molecule has 3 nitrogen and oxygen atoms in total. The van der Waals surface area contributed by atoms with Crippen LogP contribution in [0.2, 0.25) is 0 Å². The Hall–Kier alpha value is -1.06. The Labute approximate surface area is 97.4 Å². The van der Waals surface area contributed by atoms with Gasteiger partial charge in [-0.05, 0) is 12.1 Å². The van der Waals surface area contributed by atoms with Crippen molar-refractivity contribution in [2.75, 3.05) is 5.32 Å². The molecule has 0 spiro atoms. The molecule has 1 amide bonds. The number of benzene rings is 1. The summed E-state index contributed by atoms with van der Waals surface area (Å²) in [7, 11) is 0. The van der Waals surface area contributed by atoms with Gasteiger partial charge in [0, 0.05) is 18.2 Å².